The van der Waals surface area contributed by atoms with E-state index >= 15 is 0 Å². The number of nitrogens with zero attached hydrogens (tertiary/aromatic N) is 2. The van der Waals surface area contributed by atoms with Gasteiger partial charge in [-0.1, -0.05) is 67.2 Å². The zero-order valence-electron chi connectivity index (χ0n) is 15.1. The van der Waals surface area contributed by atoms with Crippen molar-refractivity contribution < 1.29 is 9.21 Å². The van der Waals surface area contributed by atoms with Crippen LogP contribution in [-0.4, -0.2) is 21.9 Å². The molecule has 1 heterocycles. The first-order valence-corrected chi connectivity index (χ1v) is 9.77. The van der Waals surface area contributed by atoms with Crippen LogP contribution in [0.5, 0.6) is 0 Å². The highest BCUT2D eigenvalue weighted by Gasteiger charge is 2.16. The maximum absolute atomic E-state index is 12.2. The van der Waals surface area contributed by atoms with Gasteiger partial charge in [0.1, 0.15) is 0 Å². The normalized spacial score (nSPS) is 11.9. The maximum atomic E-state index is 12.2. The average molecular weight is 382 g/mol. The smallest absolute Gasteiger partial charge is 0.277 e. The summed E-state index contributed by atoms with van der Waals surface area (Å²) in [5.74, 6) is 0.445. The van der Waals surface area contributed by atoms with Gasteiger partial charge in [0, 0.05) is 5.69 Å². The van der Waals surface area contributed by atoms with Crippen LogP contribution < -0.4 is 11.1 Å². The van der Waals surface area contributed by atoms with Crippen molar-refractivity contribution >= 4 is 23.4 Å². The van der Waals surface area contributed by atoms with Gasteiger partial charge >= 0.3 is 0 Å². The monoisotopic (exact) mass is 382 g/mol. The second-order valence-electron chi connectivity index (χ2n) is 6.05. The molecule has 0 spiro atoms. The molecular formula is C20H22N4O2S. The lowest BCUT2D eigenvalue weighted by molar-refractivity contribution is -0.113. The molecule has 0 saturated carbocycles. The fraction of sp³-hybridized carbons (Fsp3) is 0.250. The molecule has 3 N–H and O–H groups in total. The zero-order valence-corrected chi connectivity index (χ0v) is 15.9. The maximum Gasteiger partial charge on any atom is 0.277 e. The number of carbonyl (C=O) groups is 1. The topological polar surface area (TPSA) is 94.0 Å². The molecule has 1 aromatic heterocycles. The highest BCUT2D eigenvalue weighted by atomic mass is 32.2. The summed E-state index contributed by atoms with van der Waals surface area (Å²) in [5, 5.41) is 11.2. The second kappa shape index (κ2) is 9.34. The molecule has 27 heavy (non-hydrogen) atoms. The van der Waals surface area contributed by atoms with Gasteiger partial charge in [0.05, 0.1) is 11.8 Å². The highest BCUT2D eigenvalue weighted by molar-refractivity contribution is 7.99. The summed E-state index contributed by atoms with van der Waals surface area (Å²) in [6.07, 6.45) is 1.47. The highest BCUT2D eigenvalue weighted by Crippen LogP contribution is 2.22. The summed E-state index contributed by atoms with van der Waals surface area (Å²) in [4.78, 5) is 12.2. The van der Waals surface area contributed by atoms with Crippen LogP contribution >= 0.6 is 11.8 Å². The van der Waals surface area contributed by atoms with E-state index in [1.54, 1.807) is 0 Å². The molecule has 6 nitrogen and oxygen atoms in total. The molecule has 0 aliphatic carbocycles. The largest absolute Gasteiger partial charge is 0.414 e. The molecule has 0 saturated heterocycles. The fourth-order valence-corrected chi connectivity index (χ4v) is 3.22. The van der Waals surface area contributed by atoms with Crippen molar-refractivity contribution in [2.75, 3.05) is 11.1 Å². The van der Waals surface area contributed by atoms with E-state index < -0.39 is 0 Å². The molecule has 0 unspecified atom stereocenters. The number of thioether (sulfide) groups is 1. The van der Waals surface area contributed by atoms with Crippen molar-refractivity contribution in [3.8, 4) is 0 Å². The van der Waals surface area contributed by atoms with E-state index in [1.807, 2.05) is 54.6 Å². The summed E-state index contributed by atoms with van der Waals surface area (Å²) in [5.41, 5.74) is 9.18. The molecule has 0 fully saturated rings. The molecule has 3 aromatic rings. The van der Waals surface area contributed by atoms with Gasteiger partial charge in [-0.05, 0) is 30.0 Å². The molecule has 0 radical (unpaired) electrons. The zero-order chi connectivity index (χ0) is 19.1. The van der Waals surface area contributed by atoms with Crippen LogP contribution in [0.4, 0.5) is 5.69 Å². The molecule has 140 valence electrons. The number of aromatic nitrogens is 2. The van der Waals surface area contributed by atoms with E-state index in [0.717, 1.165) is 23.2 Å². The summed E-state index contributed by atoms with van der Waals surface area (Å²) < 4.78 is 5.60. The Morgan fingerprint density at radius 2 is 1.89 bits per heavy atom. The van der Waals surface area contributed by atoms with Crippen molar-refractivity contribution in [2.24, 2.45) is 5.73 Å². The Morgan fingerprint density at radius 1 is 1.15 bits per heavy atom. The van der Waals surface area contributed by atoms with Crippen LogP contribution in [0.1, 0.15) is 30.0 Å². The molecule has 0 bridgehead atoms. The molecule has 1 amide bonds. The SMILES string of the molecule is CCc1ccccc1NC(=O)CSc1nnc([C@@H](N)Cc2ccccc2)o1. The summed E-state index contributed by atoms with van der Waals surface area (Å²) in [6.45, 7) is 2.05. The van der Waals surface area contributed by atoms with Crippen molar-refractivity contribution in [3.05, 3.63) is 71.6 Å². The number of carbonyl (C=O) groups excluding carboxylic acids is 1. The number of hydrogen-bond acceptors (Lipinski definition) is 6. The number of para-hydroxylation sites is 1. The van der Waals surface area contributed by atoms with Gasteiger partial charge in [-0.15, -0.1) is 10.2 Å². The van der Waals surface area contributed by atoms with Crippen molar-refractivity contribution in [2.45, 2.75) is 31.0 Å². The minimum atomic E-state index is -0.375. The standard InChI is InChI=1S/C20H22N4O2S/c1-2-15-10-6-7-11-17(15)22-18(25)13-27-20-24-23-19(26-20)16(21)12-14-8-4-3-5-9-14/h3-11,16H,2,12-13,21H2,1H3,(H,22,25)/t16-/m0/s1. The lowest BCUT2D eigenvalue weighted by atomic mass is 10.1. The molecule has 3 rings (SSSR count). The van der Waals surface area contributed by atoms with Crippen LogP contribution in [-0.2, 0) is 17.6 Å². The third-order valence-electron chi connectivity index (χ3n) is 4.04. The van der Waals surface area contributed by atoms with E-state index in [2.05, 4.69) is 22.4 Å². The molecule has 0 aliphatic rings. The number of amides is 1. The Labute approximate surface area is 162 Å². The first-order chi connectivity index (χ1) is 13.2. The van der Waals surface area contributed by atoms with Gasteiger partial charge in [0.15, 0.2) is 0 Å². The number of benzene rings is 2. The van der Waals surface area contributed by atoms with Crippen LogP contribution in [0.25, 0.3) is 0 Å². The summed E-state index contributed by atoms with van der Waals surface area (Å²) in [7, 11) is 0. The van der Waals surface area contributed by atoms with Crippen LogP contribution in [0, 0.1) is 0 Å². The Morgan fingerprint density at radius 3 is 2.67 bits per heavy atom. The van der Waals surface area contributed by atoms with Gasteiger partial charge in [-0.3, -0.25) is 4.79 Å². The number of rotatable bonds is 8. The number of nitrogens with one attached hydrogen (secondary N) is 1. The molecule has 1 atom stereocenters. The van der Waals surface area contributed by atoms with Crippen LogP contribution in [0.15, 0.2) is 64.2 Å². The van der Waals surface area contributed by atoms with E-state index in [-0.39, 0.29) is 17.7 Å². The number of nitrogens with two attached hydrogens (primary N) is 1. The van der Waals surface area contributed by atoms with Gasteiger partial charge in [-0.2, -0.15) is 0 Å². The lowest BCUT2D eigenvalue weighted by Gasteiger charge is -2.08. The molecule has 2 aromatic carbocycles. The van der Waals surface area contributed by atoms with Gasteiger partial charge in [0.25, 0.3) is 5.22 Å². The van der Waals surface area contributed by atoms with E-state index in [4.69, 9.17) is 10.2 Å². The number of anilines is 1. The second-order valence-corrected chi connectivity index (χ2v) is 6.98. The van der Waals surface area contributed by atoms with Gasteiger partial charge < -0.3 is 15.5 Å². The predicted molar refractivity (Wildman–Crippen MR) is 107 cm³/mol. The van der Waals surface area contributed by atoms with Gasteiger partial charge in [0.2, 0.25) is 11.8 Å². The Hall–Kier alpha value is -2.64. The van der Waals surface area contributed by atoms with Crippen LogP contribution in [0.3, 0.4) is 0 Å². The first kappa shape index (κ1) is 19.1. The minimum absolute atomic E-state index is 0.116. The summed E-state index contributed by atoms with van der Waals surface area (Å²) in [6, 6.07) is 17.3. The van der Waals surface area contributed by atoms with E-state index in [0.29, 0.717) is 17.5 Å². The molecule has 7 heteroatoms. The average Bonchev–Trinajstić information content (AvgIpc) is 3.17. The quantitative estimate of drug-likeness (QED) is 0.578. The predicted octanol–water partition coefficient (Wildman–Crippen LogP) is 3.61. The van der Waals surface area contributed by atoms with Crippen molar-refractivity contribution in [1.82, 2.24) is 10.2 Å². The van der Waals surface area contributed by atoms with Gasteiger partial charge in [-0.25, -0.2) is 0 Å². The molecular weight excluding hydrogens is 360 g/mol. The Balaban J connectivity index is 1.52. The third kappa shape index (κ3) is 5.42. The van der Waals surface area contributed by atoms with Crippen molar-refractivity contribution in [3.63, 3.8) is 0 Å². The Bertz CT molecular complexity index is 882. The lowest BCUT2D eigenvalue weighted by Crippen LogP contribution is -2.15. The molecule has 0 aliphatic heterocycles. The minimum Gasteiger partial charge on any atom is -0.414 e. The Kier molecular flexibility index (Phi) is 6.62. The number of hydrogen-bond donors (Lipinski definition) is 2. The van der Waals surface area contributed by atoms with Crippen LogP contribution in [0.2, 0.25) is 0 Å². The summed E-state index contributed by atoms with van der Waals surface area (Å²) >= 11 is 1.20. The number of aryl methyl sites for hydroxylation is 1. The van der Waals surface area contributed by atoms with E-state index in [1.165, 1.54) is 11.8 Å². The van der Waals surface area contributed by atoms with Crippen molar-refractivity contribution in [1.29, 1.82) is 0 Å². The fourth-order valence-electron chi connectivity index (χ4n) is 2.65. The first-order valence-electron chi connectivity index (χ1n) is 8.79. The van der Waals surface area contributed by atoms with E-state index in [9.17, 15) is 4.79 Å². The third-order valence-corrected chi connectivity index (χ3v) is 4.86.